The van der Waals surface area contributed by atoms with E-state index in [1.807, 2.05) is 0 Å². The number of piperazine rings is 1. The standard InChI is InChI=1S/C30H26ClF5N7O2S/c1-4-24(44)43-15(2)10-40(11-16(43)3)28-19-7-20(30(34,35)36)25(18-8-21(31)23(33)9-22(18)32)27-26(19)42(29(45)38-28)13-17(14-46-27)12-41-6-5-37-39-41/h4-9,12,15-17H,1,10-11,13-14H2,2-3H3/q+1/b41-12-/t15-,16+,17?. The minimum atomic E-state index is -5.00. The van der Waals surface area contributed by atoms with E-state index in [0.29, 0.717) is 6.07 Å². The lowest BCUT2D eigenvalue weighted by atomic mass is 9.95. The van der Waals surface area contributed by atoms with Crippen molar-refractivity contribution in [1.82, 2.24) is 14.5 Å². The summed E-state index contributed by atoms with van der Waals surface area (Å²) in [4.78, 5) is 33.9. The van der Waals surface area contributed by atoms with Crippen molar-refractivity contribution < 1.29 is 31.4 Å². The molecular weight excluding hydrogens is 653 g/mol. The van der Waals surface area contributed by atoms with Gasteiger partial charge in [-0.1, -0.05) is 18.2 Å². The van der Waals surface area contributed by atoms with Gasteiger partial charge in [0.1, 0.15) is 28.9 Å². The van der Waals surface area contributed by atoms with Gasteiger partial charge in [-0.15, -0.1) is 16.4 Å². The van der Waals surface area contributed by atoms with Crippen LogP contribution in [0.25, 0.3) is 22.0 Å². The number of aromatic nitrogens is 2. The molecule has 0 aliphatic carbocycles. The molecule has 2 aromatic carbocycles. The fourth-order valence-electron chi connectivity index (χ4n) is 6.27. The highest BCUT2D eigenvalue weighted by Gasteiger charge is 2.40. The summed E-state index contributed by atoms with van der Waals surface area (Å²) in [5.74, 6) is -2.92. The molecular formula is C30H26ClF5N7O2S+. The van der Waals surface area contributed by atoms with Gasteiger partial charge in [-0.2, -0.15) is 18.2 Å². The molecule has 1 saturated heterocycles. The molecule has 6 rings (SSSR count). The second-order valence-electron chi connectivity index (χ2n) is 11.3. The lowest BCUT2D eigenvalue weighted by Crippen LogP contribution is -2.58. The van der Waals surface area contributed by atoms with Gasteiger partial charge >= 0.3 is 11.9 Å². The Bertz CT molecular complexity index is 1920. The molecule has 4 heterocycles. The number of carbonyl (C=O) groups excluding carboxylic acids is 1. The summed E-state index contributed by atoms with van der Waals surface area (Å²) in [5, 5.41) is 7.16. The number of alkyl halides is 3. The molecule has 1 amide bonds. The molecule has 0 spiro atoms. The third kappa shape index (κ3) is 5.59. The van der Waals surface area contributed by atoms with Crippen LogP contribution in [0.5, 0.6) is 0 Å². The van der Waals surface area contributed by atoms with Gasteiger partial charge < -0.3 is 9.80 Å². The molecule has 3 atom stereocenters. The molecule has 3 aliphatic rings. The first-order valence-electron chi connectivity index (χ1n) is 14.1. The Morgan fingerprint density at radius 3 is 2.48 bits per heavy atom. The molecule has 3 aromatic rings. The predicted octanol–water partition coefficient (Wildman–Crippen LogP) is 6.28. The fourth-order valence-corrected chi connectivity index (χ4v) is 7.72. The Balaban J connectivity index is 1.65. The Morgan fingerprint density at radius 1 is 1.13 bits per heavy atom. The quantitative estimate of drug-likeness (QED) is 0.140. The van der Waals surface area contributed by atoms with Crippen LogP contribution in [0, 0.1) is 17.6 Å². The van der Waals surface area contributed by atoms with E-state index >= 15 is 4.39 Å². The number of benzene rings is 2. The lowest BCUT2D eigenvalue weighted by Gasteiger charge is -2.44. The smallest absolute Gasteiger partial charge is 0.352 e. The van der Waals surface area contributed by atoms with Crippen LogP contribution in [0.4, 0.5) is 27.8 Å². The van der Waals surface area contributed by atoms with Crippen molar-refractivity contribution in [1.29, 1.82) is 0 Å². The van der Waals surface area contributed by atoms with E-state index in [1.165, 1.54) is 21.5 Å². The highest BCUT2D eigenvalue weighted by molar-refractivity contribution is 7.99. The zero-order chi connectivity index (χ0) is 33.1. The number of nitrogens with zero attached hydrogens (tertiary/aromatic N) is 7. The van der Waals surface area contributed by atoms with Crippen LogP contribution in [-0.4, -0.2) is 62.2 Å². The van der Waals surface area contributed by atoms with Crippen LogP contribution in [0.3, 0.4) is 0 Å². The summed E-state index contributed by atoms with van der Waals surface area (Å²) in [5.41, 5.74) is -2.91. The Labute approximate surface area is 268 Å². The number of hydrogen-bond donors (Lipinski definition) is 0. The topological polar surface area (TPSA) is 86.2 Å². The monoisotopic (exact) mass is 678 g/mol. The second-order valence-corrected chi connectivity index (χ2v) is 12.7. The number of anilines is 1. The van der Waals surface area contributed by atoms with E-state index in [2.05, 4.69) is 21.9 Å². The third-order valence-corrected chi connectivity index (χ3v) is 9.66. The van der Waals surface area contributed by atoms with Gasteiger partial charge in [-0.05, 0) is 32.1 Å². The van der Waals surface area contributed by atoms with Gasteiger partial charge in [0.15, 0.2) is 6.20 Å². The summed E-state index contributed by atoms with van der Waals surface area (Å²) in [6.45, 7) is 7.49. The number of halogens is 6. The van der Waals surface area contributed by atoms with Crippen LogP contribution in [0.2, 0.25) is 5.02 Å². The van der Waals surface area contributed by atoms with Crippen LogP contribution in [0.1, 0.15) is 19.4 Å². The molecule has 46 heavy (non-hydrogen) atoms. The molecule has 16 heteroatoms. The molecule has 1 fully saturated rings. The van der Waals surface area contributed by atoms with E-state index < -0.39 is 63.2 Å². The van der Waals surface area contributed by atoms with Crippen molar-refractivity contribution in [3.63, 3.8) is 0 Å². The fraction of sp³-hybridized carbons (Fsp3) is 0.333. The number of hydrogen-bond acceptors (Lipinski definition) is 7. The normalized spacial score (nSPS) is 22.2. The molecule has 0 radical (unpaired) electrons. The maximum Gasteiger partial charge on any atom is 0.417 e. The minimum absolute atomic E-state index is 0.0101. The van der Waals surface area contributed by atoms with Crippen molar-refractivity contribution in [3.05, 3.63) is 76.0 Å². The SMILES string of the molecule is C=CC(=O)N1[C@H](C)CN(c2nc(=O)n3c4c(c(-c5cc(Cl)c(F)cc5F)c(C(F)(F)F)cc24)SCC(/C=[N+]2/C=CN=N2)C3)C[C@@H]1C. The Morgan fingerprint density at radius 2 is 1.85 bits per heavy atom. The molecule has 0 saturated carbocycles. The first-order valence-corrected chi connectivity index (χ1v) is 15.5. The van der Waals surface area contributed by atoms with E-state index in [0.717, 1.165) is 23.9 Å². The number of carbonyl (C=O) groups is 1. The average Bonchev–Trinajstić information content (AvgIpc) is 3.42. The van der Waals surface area contributed by atoms with Gasteiger partial charge in [0.05, 0.1) is 21.2 Å². The Kier molecular flexibility index (Phi) is 8.25. The van der Waals surface area contributed by atoms with Crippen molar-refractivity contribution in [3.8, 4) is 11.1 Å². The summed E-state index contributed by atoms with van der Waals surface area (Å²) >= 11 is 6.97. The van der Waals surface area contributed by atoms with Crippen LogP contribution >= 0.6 is 23.4 Å². The van der Waals surface area contributed by atoms with Gasteiger partial charge in [-0.3, -0.25) is 9.36 Å². The Hall–Kier alpha value is -4.11. The van der Waals surface area contributed by atoms with Crippen LogP contribution < -0.4 is 10.6 Å². The van der Waals surface area contributed by atoms with Gasteiger partial charge in [0, 0.05) is 70.9 Å². The van der Waals surface area contributed by atoms with Crippen molar-refractivity contribution in [2.75, 3.05) is 23.7 Å². The molecule has 9 nitrogen and oxygen atoms in total. The van der Waals surface area contributed by atoms with Gasteiger partial charge in [0.2, 0.25) is 12.1 Å². The molecule has 1 unspecified atom stereocenters. The maximum atomic E-state index is 15.4. The van der Waals surface area contributed by atoms with E-state index in [9.17, 15) is 27.2 Å². The number of thioether (sulfide) groups is 1. The van der Waals surface area contributed by atoms with E-state index in [4.69, 9.17) is 11.6 Å². The molecule has 240 valence electrons. The van der Waals surface area contributed by atoms with Crippen LogP contribution in [-0.2, 0) is 17.5 Å². The number of rotatable bonds is 4. The number of amides is 1. The maximum absolute atomic E-state index is 15.4. The molecule has 1 aromatic heterocycles. The van der Waals surface area contributed by atoms with E-state index in [-0.39, 0.29) is 52.9 Å². The van der Waals surface area contributed by atoms with Crippen molar-refractivity contribution in [2.45, 2.75) is 43.5 Å². The summed E-state index contributed by atoms with van der Waals surface area (Å²) in [6.07, 6.45) is 0.901. The summed E-state index contributed by atoms with van der Waals surface area (Å²) in [7, 11) is 0. The average molecular weight is 679 g/mol. The minimum Gasteiger partial charge on any atom is -0.352 e. The molecule has 0 N–H and O–H groups in total. The molecule has 0 bridgehead atoms. The lowest BCUT2D eigenvalue weighted by molar-refractivity contribution is -0.461. The first-order chi connectivity index (χ1) is 21.8. The largest absolute Gasteiger partial charge is 0.417 e. The predicted molar refractivity (Wildman–Crippen MR) is 164 cm³/mol. The van der Waals surface area contributed by atoms with Crippen molar-refractivity contribution >= 4 is 52.2 Å². The van der Waals surface area contributed by atoms with E-state index in [1.54, 1.807) is 36.1 Å². The van der Waals surface area contributed by atoms with Crippen molar-refractivity contribution in [2.24, 2.45) is 16.3 Å². The van der Waals surface area contributed by atoms with Gasteiger partial charge in [0.25, 0.3) is 0 Å². The third-order valence-electron chi connectivity index (χ3n) is 8.09. The summed E-state index contributed by atoms with van der Waals surface area (Å²) in [6, 6.07) is 1.35. The zero-order valence-electron chi connectivity index (χ0n) is 24.4. The second kappa shape index (κ2) is 11.9. The van der Waals surface area contributed by atoms with Gasteiger partial charge in [-0.25, -0.2) is 13.6 Å². The van der Waals surface area contributed by atoms with Crippen LogP contribution in [0.15, 0.2) is 63.3 Å². The zero-order valence-corrected chi connectivity index (χ0v) is 26.0. The molecule has 3 aliphatic heterocycles. The highest BCUT2D eigenvalue weighted by Crippen LogP contribution is 2.49. The first kappa shape index (κ1) is 31.9. The highest BCUT2D eigenvalue weighted by atomic mass is 35.5. The summed E-state index contributed by atoms with van der Waals surface area (Å²) < 4.78 is 77.2.